The van der Waals surface area contributed by atoms with Crippen molar-refractivity contribution in [1.29, 1.82) is 5.26 Å². The van der Waals surface area contributed by atoms with E-state index in [4.69, 9.17) is 5.26 Å². The van der Waals surface area contributed by atoms with Crippen LogP contribution < -0.4 is 0 Å². The van der Waals surface area contributed by atoms with E-state index in [1.165, 1.54) is 12.4 Å². The molecule has 0 unspecified atom stereocenters. The zero-order valence-corrected chi connectivity index (χ0v) is 8.02. The summed E-state index contributed by atoms with van der Waals surface area (Å²) in [6, 6.07) is 1.82. The van der Waals surface area contributed by atoms with Crippen molar-refractivity contribution >= 4 is 5.97 Å². The molecule has 0 saturated carbocycles. The number of carbonyl (C=O) groups excluding carboxylic acids is 1. The summed E-state index contributed by atoms with van der Waals surface area (Å²) in [6.07, 6.45) is 2.78. The second-order valence-electron chi connectivity index (χ2n) is 2.34. The molecule has 1 aromatic heterocycles. The van der Waals surface area contributed by atoms with Gasteiger partial charge in [0.1, 0.15) is 11.8 Å². The van der Waals surface area contributed by atoms with Gasteiger partial charge in [-0.15, -0.1) is 0 Å². The van der Waals surface area contributed by atoms with Gasteiger partial charge in [0, 0.05) is 18.3 Å². The normalized spacial score (nSPS) is 8.27. The van der Waals surface area contributed by atoms with Crippen LogP contribution >= 0.6 is 0 Å². The maximum atomic E-state index is 10.9. The highest BCUT2D eigenvalue weighted by molar-refractivity contribution is 5.89. The van der Waals surface area contributed by atoms with E-state index in [1.54, 1.807) is 6.92 Å². The minimum Gasteiger partial charge on any atom is -0.456 e. The Morgan fingerprint density at radius 1 is 1.47 bits per heavy atom. The van der Waals surface area contributed by atoms with Crippen LogP contribution in [0.1, 0.15) is 18.3 Å². The van der Waals surface area contributed by atoms with Gasteiger partial charge in [0.15, 0.2) is 5.69 Å². The highest BCUT2D eigenvalue weighted by atomic mass is 16.5. The van der Waals surface area contributed by atoms with Crippen molar-refractivity contribution in [3.05, 3.63) is 23.8 Å². The molecule has 5 heteroatoms. The number of rotatable bonds is 1. The van der Waals surface area contributed by atoms with Crippen molar-refractivity contribution in [2.45, 2.75) is 6.92 Å². The van der Waals surface area contributed by atoms with E-state index in [1.807, 2.05) is 6.07 Å². The molecule has 0 aliphatic heterocycles. The lowest BCUT2D eigenvalue weighted by Crippen LogP contribution is -2.00. The fourth-order valence-corrected chi connectivity index (χ4v) is 0.789. The summed E-state index contributed by atoms with van der Waals surface area (Å²) in [6.45, 7) is 1.95. The van der Waals surface area contributed by atoms with Crippen LogP contribution in [-0.2, 0) is 9.53 Å². The molecule has 0 amide bonds. The molecule has 0 N–H and O–H groups in total. The van der Waals surface area contributed by atoms with Crippen molar-refractivity contribution in [1.82, 2.24) is 9.97 Å². The summed E-state index contributed by atoms with van der Waals surface area (Å²) in [5.41, 5.74) is 0.266. The molecule has 0 fully saturated rings. The molecule has 0 aromatic carbocycles. The number of aromatic nitrogens is 2. The Balaban J connectivity index is 2.89. The summed E-state index contributed by atoms with van der Waals surface area (Å²) in [4.78, 5) is 18.4. The fraction of sp³-hybridized carbons (Fsp3) is 0.200. The Hall–Kier alpha value is -2.40. The summed E-state index contributed by atoms with van der Waals surface area (Å²) >= 11 is 0. The van der Waals surface area contributed by atoms with Gasteiger partial charge in [-0.3, -0.25) is 0 Å². The number of hydrogen-bond acceptors (Lipinski definition) is 5. The Morgan fingerprint density at radius 2 is 2.13 bits per heavy atom. The summed E-state index contributed by atoms with van der Waals surface area (Å²) in [5.74, 6) is 3.99. The van der Waals surface area contributed by atoms with E-state index >= 15 is 0 Å². The number of carbonyl (C=O) groups is 1. The molecule has 0 atom stereocenters. The van der Waals surface area contributed by atoms with Crippen molar-refractivity contribution in [2.24, 2.45) is 0 Å². The van der Waals surface area contributed by atoms with Crippen LogP contribution in [0.4, 0.5) is 0 Å². The van der Waals surface area contributed by atoms with Crippen molar-refractivity contribution in [2.75, 3.05) is 6.61 Å². The molecule has 1 heterocycles. The Bertz CT molecular complexity index is 466. The third kappa shape index (κ3) is 3.09. The minimum atomic E-state index is -0.646. The topological polar surface area (TPSA) is 75.9 Å². The van der Waals surface area contributed by atoms with Gasteiger partial charge < -0.3 is 4.74 Å². The monoisotopic (exact) mass is 201 g/mol. The van der Waals surface area contributed by atoms with Crippen LogP contribution in [0.25, 0.3) is 0 Å². The van der Waals surface area contributed by atoms with Gasteiger partial charge in [-0.05, 0) is 12.8 Å². The van der Waals surface area contributed by atoms with E-state index in [9.17, 15) is 4.79 Å². The Labute approximate surface area is 86.7 Å². The van der Waals surface area contributed by atoms with Crippen LogP contribution in [0, 0.1) is 23.2 Å². The van der Waals surface area contributed by atoms with Gasteiger partial charge in [-0.1, -0.05) is 0 Å². The maximum absolute atomic E-state index is 10.9. The molecule has 0 aliphatic rings. The number of hydrogen-bond donors (Lipinski definition) is 0. The zero-order valence-electron chi connectivity index (χ0n) is 8.02. The summed E-state index contributed by atoms with van der Waals surface area (Å²) in [7, 11) is 0. The van der Waals surface area contributed by atoms with E-state index in [-0.39, 0.29) is 18.0 Å². The first-order chi connectivity index (χ1) is 7.27. The first-order valence-corrected chi connectivity index (χ1v) is 4.17. The Morgan fingerprint density at radius 3 is 2.73 bits per heavy atom. The van der Waals surface area contributed by atoms with Crippen molar-refractivity contribution in [3.8, 4) is 17.9 Å². The van der Waals surface area contributed by atoms with Crippen molar-refractivity contribution < 1.29 is 9.53 Å². The smallest absolute Gasteiger partial charge is 0.384 e. The molecule has 0 aliphatic carbocycles. The molecule has 0 saturated heterocycles. The molecule has 15 heavy (non-hydrogen) atoms. The van der Waals surface area contributed by atoms with Gasteiger partial charge in [-0.2, -0.15) is 5.26 Å². The van der Waals surface area contributed by atoms with Gasteiger partial charge in [0.05, 0.1) is 6.61 Å². The third-order valence-electron chi connectivity index (χ3n) is 1.36. The number of ether oxygens (including phenoxy) is 1. The first-order valence-electron chi connectivity index (χ1n) is 4.17. The molecular formula is C10H7N3O2. The van der Waals surface area contributed by atoms with E-state index in [2.05, 4.69) is 26.5 Å². The van der Waals surface area contributed by atoms with E-state index < -0.39 is 5.97 Å². The highest BCUT2D eigenvalue weighted by Gasteiger charge is 2.00. The number of nitrogens with zero attached hydrogens (tertiary/aromatic N) is 3. The Kier molecular flexibility index (Phi) is 3.81. The molecule has 1 rings (SSSR count). The van der Waals surface area contributed by atoms with Gasteiger partial charge >= 0.3 is 5.97 Å². The quantitative estimate of drug-likeness (QED) is 0.481. The lowest BCUT2D eigenvalue weighted by Gasteiger charge is -1.92. The molecule has 0 spiro atoms. The molecule has 0 bridgehead atoms. The van der Waals surface area contributed by atoms with Crippen LogP contribution in [0.3, 0.4) is 0 Å². The second-order valence-corrected chi connectivity index (χ2v) is 2.34. The van der Waals surface area contributed by atoms with Gasteiger partial charge in [-0.25, -0.2) is 14.8 Å². The van der Waals surface area contributed by atoms with Gasteiger partial charge in [0.25, 0.3) is 0 Å². The SMILES string of the molecule is CCOC(=O)C#Cc1nccnc1C#N. The summed E-state index contributed by atoms with van der Waals surface area (Å²) < 4.78 is 4.59. The lowest BCUT2D eigenvalue weighted by molar-refractivity contribution is -0.136. The van der Waals surface area contributed by atoms with E-state index in [0.29, 0.717) is 0 Å². The lowest BCUT2D eigenvalue weighted by atomic mass is 10.3. The maximum Gasteiger partial charge on any atom is 0.384 e. The molecular weight excluding hydrogens is 194 g/mol. The minimum absolute atomic E-state index is 0.0919. The van der Waals surface area contributed by atoms with Crippen LogP contribution in [0.5, 0.6) is 0 Å². The standard InChI is InChI=1S/C10H7N3O2/c1-2-15-10(14)4-3-8-9(7-11)13-6-5-12-8/h5-6H,2H2,1H3. The van der Waals surface area contributed by atoms with Crippen LogP contribution in [0.2, 0.25) is 0 Å². The van der Waals surface area contributed by atoms with Crippen LogP contribution in [-0.4, -0.2) is 22.5 Å². The molecule has 5 nitrogen and oxygen atoms in total. The first kappa shape index (κ1) is 10.7. The highest BCUT2D eigenvalue weighted by Crippen LogP contribution is 1.96. The molecule has 1 aromatic rings. The largest absolute Gasteiger partial charge is 0.456 e. The number of esters is 1. The molecule has 0 radical (unpaired) electrons. The second kappa shape index (κ2) is 5.36. The zero-order chi connectivity index (χ0) is 11.1. The number of nitriles is 1. The van der Waals surface area contributed by atoms with Crippen LogP contribution in [0.15, 0.2) is 12.4 Å². The van der Waals surface area contributed by atoms with Gasteiger partial charge in [0.2, 0.25) is 0 Å². The predicted molar refractivity (Wildman–Crippen MR) is 50.3 cm³/mol. The third-order valence-corrected chi connectivity index (χ3v) is 1.36. The molecule has 74 valence electrons. The van der Waals surface area contributed by atoms with Crippen molar-refractivity contribution in [3.63, 3.8) is 0 Å². The summed E-state index contributed by atoms with van der Waals surface area (Å²) in [5, 5.41) is 8.65. The predicted octanol–water partition coefficient (Wildman–Crippen LogP) is 0.263. The fourth-order valence-electron chi connectivity index (χ4n) is 0.789. The average molecular weight is 201 g/mol. The van der Waals surface area contributed by atoms with E-state index in [0.717, 1.165) is 0 Å². The average Bonchev–Trinajstić information content (AvgIpc) is 2.27.